The summed E-state index contributed by atoms with van der Waals surface area (Å²) in [6, 6.07) is 9.24. The molecule has 0 saturated carbocycles. The molecular formula is C22H26O2. The minimum absolute atomic E-state index is 0.285. The Balaban J connectivity index is 2.39. The molecule has 0 radical (unpaired) electrons. The second kappa shape index (κ2) is 7.87. The third-order valence-corrected chi connectivity index (χ3v) is 4.15. The number of hydrogen-bond donors (Lipinski definition) is 2. The molecule has 0 bridgehead atoms. The van der Waals surface area contributed by atoms with Crippen molar-refractivity contribution < 1.29 is 10.2 Å². The van der Waals surface area contributed by atoms with Crippen LogP contribution in [0.3, 0.4) is 0 Å². The third-order valence-electron chi connectivity index (χ3n) is 4.15. The maximum Gasteiger partial charge on any atom is 0.118 e. The highest BCUT2D eigenvalue weighted by Gasteiger charge is 2.06. The Hall–Kier alpha value is -2.48. The fraction of sp³-hybridized carbons (Fsp3) is 0.273. The first-order valence-corrected chi connectivity index (χ1v) is 8.36. The van der Waals surface area contributed by atoms with Crippen LogP contribution >= 0.6 is 0 Å². The van der Waals surface area contributed by atoms with E-state index in [1.165, 1.54) is 11.1 Å². The molecule has 0 aliphatic rings. The van der Waals surface area contributed by atoms with Crippen LogP contribution in [0.5, 0.6) is 11.5 Å². The van der Waals surface area contributed by atoms with Gasteiger partial charge in [0.2, 0.25) is 0 Å². The topological polar surface area (TPSA) is 40.5 Å². The Morgan fingerprint density at radius 1 is 1.04 bits per heavy atom. The fourth-order valence-corrected chi connectivity index (χ4v) is 2.74. The number of allylic oxidation sites excluding steroid dienone is 2. The first-order chi connectivity index (χ1) is 11.4. The number of rotatable bonds is 5. The van der Waals surface area contributed by atoms with Crippen LogP contribution < -0.4 is 0 Å². The van der Waals surface area contributed by atoms with E-state index < -0.39 is 0 Å². The zero-order valence-electron chi connectivity index (χ0n) is 14.9. The monoisotopic (exact) mass is 322 g/mol. The van der Waals surface area contributed by atoms with Crippen LogP contribution in [0.15, 0.2) is 42.0 Å². The lowest BCUT2D eigenvalue weighted by atomic mass is 9.96. The van der Waals surface area contributed by atoms with Gasteiger partial charge in [0.1, 0.15) is 11.5 Å². The summed E-state index contributed by atoms with van der Waals surface area (Å²) in [7, 11) is 0. The number of phenolic OH excluding ortho intramolecular Hbond substituents is 2. The van der Waals surface area contributed by atoms with Gasteiger partial charge < -0.3 is 10.2 Å². The molecule has 0 atom stereocenters. The van der Waals surface area contributed by atoms with Gasteiger partial charge in [0.25, 0.3) is 0 Å². The summed E-state index contributed by atoms with van der Waals surface area (Å²) in [5, 5.41) is 19.7. The van der Waals surface area contributed by atoms with Gasteiger partial charge in [-0.3, -0.25) is 0 Å². The van der Waals surface area contributed by atoms with E-state index in [2.05, 4.69) is 19.9 Å². The predicted molar refractivity (Wildman–Crippen MR) is 102 cm³/mol. The van der Waals surface area contributed by atoms with Crippen molar-refractivity contribution in [1.82, 2.24) is 0 Å². The van der Waals surface area contributed by atoms with Gasteiger partial charge in [0.05, 0.1) is 0 Å². The molecule has 2 aromatic rings. The first kappa shape index (κ1) is 17.9. The van der Waals surface area contributed by atoms with Gasteiger partial charge in [-0.25, -0.2) is 0 Å². The van der Waals surface area contributed by atoms with Gasteiger partial charge in [0.15, 0.2) is 0 Å². The second-order valence-electron chi connectivity index (χ2n) is 6.39. The minimum atomic E-state index is 0.285. The van der Waals surface area contributed by atoms with E-state index in [1.54, 1.807) is 18.2 Å². The van der Waals surface area contributed by atoms with Crippen molar-refractivity contribution in [2.75, 3.05) is 0 Å². The fourth-order valence-electron chi connectivity index (χ4n) is 2.74. The summed E-state index contributed by atoms with van der Waals surface area (Å²) in [6.07, 6.45) is 7.91. The van der Waals surface area contributed by atoms with Gasteiger partial charge in [0, 0.05) is 0 Å². The standard InChI is InChI=1S/C22H26O2/c1-5-18-13-17(8-11-22(18)24)7-9-19-14-20(23)12-16(4)21(19)10-6-15(2)3/h6-9,11-14,23-24H,5,10H2,1-4H3/b9-7+. The van der Waals surface area contributed by atoms with Crippen LogP contribution in [-0.4, -0.2) is 10.2 Å². The Morgan fingerprint density at radius 2 is 1.79 bits per heavy atom. The van der Waals surface area contributed by atoms with E-state index >= 15 is 0 Å². The predicted octanol–water partition coefficient (Wildman–Crippen LogP) is 5.65. The molecule has 0 heterocycles. The van der Waals surface area contributed by atoms with E-state index in [1.807, 2.05) is 38.1 Å². The van der Waals surface area contributed by atoms with Gasteiger partial charge in [-0.05, 0) is 85.7 Å². The second-order valence-corrected chi connectivity index (χ2v) is 6.39. The molecule has 0 saturated heterocycles. The molecule has 0 spiro atoms. The largest absolute Gasteiger partial charge is 0.508 e. The van der Waals surface area contributed by atoms with Crippen molar-refractivity contribution in [3.63, 3.8) is 0 Å². The van der Waals surface area contributed by atoms with E-state index in [0.717, 1.165) is 35.1 Å². The van der Waals surface area contributed by atoms with E-state index in [0.29, 0.717) is 5.75 Å². The van der Waals surface area contributed by atoms with E-state index in [9.17, 15) is 10.2 Å². The minimum Gasteiger partial charge on any atom is -0.508 e. The Morgan fingerprint density at radius 3 is 2.46 bits per heavy atom. The van der Waals surface area contributed by atoms with Crippen LogP contribution in [0.4, 0.5) is 0 Å². The van der Waals surface area contributed by atoms with Crippen molar-refractivity contribution in [1.29, 1.82) is 0 Å². The summed E-state index contributed by atoms with van der Waals surface area (Å²) in [6.45, 7) is 8.24. The molecule has 2 nitrogen and oxygen atoms in total. The Bertz CT molecular complexity index is 779. The number of hydrogen-bond acceptors (Lipinski definition) is 2. The number of aromatic hydroxyl groups is 2. The highest BCUT2D eigenvalue weighted by Crippen LogP contribution is 2.25. The summed E-state index contributed by atoms with van der Waals surface area (Å²) < 4.78 is 0. The van der Waals surface area contributed by atoms with Crippen LogP contribution in [0.2, 0.25) is 0 Å². The van der Waals surface area contributed by atoms with Crippen molar-refractivity contribution in [3.8, 4) is 11.5 Å². The average Bonchev–Trinajstić information content (AvgIpc) is 2.52. The van der Waals surface area contributed by atoms with Gasteiger partial charge in [-0.1, -0.05) is 36.8 Å². The summed E-state index contributed by atoms with van der Waals surface area (Å²) in [5.74, 6) is 0.625. The lowest BCUT2D eigenvalue weighted by Gasteiger charge is -2.10. The molecular weight excluding hydrogens is 296 g/mol. The third kappa shape index (κ3) is 4.51. The number of phenols is 2. The van der Waals surface area contributed by atoms with Crippen molar-refractivity contribution in [3.05, 3.63) is 69.8 Å². The molecule has 2 rings (SSSR count). The average molecular weight is 322 g/mol. The molecule has 2 aromatic carbocycles. The highest BCUT2D eigenvalue weighted by molar-refractivity contribution is 5.73. The van der Waals surface area contributed by atoms with E-state index in [-0.39, 0.29) is 5.75 Å². The molecule has 0 aliphatic carbocycles. The molecule has 24 heavy (non-hydrogen) atoms. The molecule has 126 valence electrons. The lowest BCUT2D eigenvalue weighted by Crippen LogP contribution is -1.93. The van der Waals surface area contributed by atoms with Crippen molar-refractivity contribution >= 4 is 12.2 Å². The molecule has 0 unspecified atom stereocenters. The van der Waals surface area contributed by atoms with Gasteiger partial charge >= 0.3 is 0 Å². The summed E-state index contributed by atoms with van der Waals surface area (Å²) in [5.41, 5.74) is 6.60. The molecule has 0 amide bonds. The van der Waals surface area contributed by atoms with Gasteiger partial charge in [-0.2, -0.15) is 0 Å². The molecule has 0 fully saturated rings. The maximum absolute atomic E-state index is 9.93. The molecule has 2 heteroatoms. The highest BCUT2D eigenvalue weighted by atomic mass is 16.3. The van der Waals surface area contributed by atoms with Crippen LogP contribution in [-0.2, 0) is 12.8 Å². The molecule has 0 aromatic heterocycles. The van der Waals surface area contributed by atoms with Gasteiger partial charge in [-0.15, -0.1) is 0 Å². The Kier molecular flexibility index (Phi) is 5.86. The van der Waals surface area contributed by atoms with Crippen molar-refractivity contribution in [2.45, 2.75) is 40.5 Å². The Labute approximate surface area is 144 Å². The first-order valence-electron chi connectivity index (χ1n) is 8.36. The molecule has 0 aliphatic heterocycles. The SMILES string of the molecule is CCc1cc(/C=C/c2cc(O)cc(C)c2CC=C(C)C)ccc1O. The van der Waals surface area contributed by atoms with Crippen LogP contribution in [0.25, 0.3) is 12.2 Å². The summed E-state index contributed by atoms with van der Waals surface area (Å²) >= 11 is 0. The number of benzene rings is 2. The zero-order valence-corrected chi connectivity index (χ0v) is 14.9. The van der Waals surface area contributed by atoms with Crippen LogP contribution in [0.1, 0.15) is 48.6 Å². The lowest BCUT2D eigenvalue weighted by molar-refractivity contribution is 0.469. The van der Waals surface area contributed by atoms with E-state index in [4.69, 9.17) is 0 Å². The normalized spacial score (nSPS) is 11.0. The van der Waals surface area contributed by atoms with Crippen LogP contribution in [0, 0.1) is 6.92 Å². The summed E-state index contributed by atoms with van der Waals surface area (Å²) in [4.78, 5) is 0. The molecule has 2 N–H and O–H groups in total. The van der Waals surface area contributed by atoms with Crippen molar-refractivity contribution in [2.24, 2.45) is 0 Å². The number of aryl methyl sites for hydroxylation is 2. The maximum atomic E-state index is 9.93. The quantitative estimate of drug-likeness (QED) is 0.552. The zero-order chi connectivity index (χ0) is 17.7. The smallest absolute Gasteiger partial charge is 0.118 e.